The molecule has 8 nitrogen and oxygen atoms in total. The molecule has 1 amide bonds. The van der Waals surface area contributed by atoms with Crippen LogP contribution in [0, 0.1) is 6.92 Å². The zero-order chi connectivity index (χ0) is 21.9. The van der Waals surface area contributed by atoms with E-state index in [1.54, 1.807) is 6.92 Å². The number of amides is 1. The van der Waals surface area contributed by atoms with Crippen LogP contribution in [0.4, 0.5) is 24.9 Å². The topological polar surface area (TPSA) is 108 Å². The molecule has 3 heterocycles. The van der Waals surface area contributed by atoms with Gasteiger partial charge in [0.25, 0.3) is 0 Å². The number of anilines is 2. The normalized spacial score (nSPS) is 13.1. The van der Waals surface area contributed by atoms with Gasteiger partial charge in [-0.3, -0.25) is 9.89 Å². The average Bonchev–Trinajstić information content (AvgIpc) is 3.13. The van der Waals surface area contributed by atoms with Crippen molar-refractivity contribution in [3.63, 3.8) is 0 Å². The molecular formula is C18H17F3IN7O. The zero-order valence-electron chi connectivity index (χ0n) is 15.9. The summed E-state index contributed by atoms with van der Waals surface area (Å²) < 4.78 is 40.3. The minimum absolute atomic E-state index is 0.0548. The van der Waals surface area contributed by atoms with Crippen molar-refractivity contribution in [1.82, 2.24) is 30.5 Å². The number of hydrogen-bond donors (Lipinski definition) is 3. The summed E-state index contributed by atoms with van der Waals surface area (Å²) in [5, 5.41) is 12.2. The number of rotatable bonds is 3. The molecule has 0 aliphatic carbocycles. The van der Waals surface area contributed by atoms with Gasteiger partial charge in [0.1, 0.15) is 11.6 Å². The van der Waals surface area contributed by atoms with E-state index in [4.69, 9.17) is 0 Å². The second-order valence-electron chi connectivity index (χ2n) is 6.19. The monoisotopic (exact) mass is 531 g/mol. The van der Waals surface area contributed by atoms with E-state index in [0.717, 1.165) is 6.07 Å². The Morgan fingerprint density at radius 2 is 1.87 bits per heavy atom. The summed E-state index contributed by atoms with van der Waals surface area (Å²) in [7, 11) is 0. The fraction of sp³-hybridized carbons (Fsp3) is 0.278. The lowest BCUT2D eigenvalue weighted by molar-refractivity contribution is -0.137. The lowest BCUT2D eigenvalue weighted by atomic mass is 10.0. The summed E-state index contributed by atoms with van der Waals surface area (Å²) in [4.78, 5) is 26.4. The highest BCUT2D eigenvalue weighted by molar-refractivity contribution is 14.1. The summed E-state index contributed by atoms with van der Waals surface area (Å²) in [6.45, 7) is 1.86. The molecule has 2 aromatic heterocycles. The number of carbonyl (C=O) groups excluding carboxylic acids is 1. The molecule has 0 radical (unpaired) electrons. The quantitative estimate of drug-likeness (QED) is 0.353. The van der Waals surface area contributed by atoms with Crippen LogP contribution in [0.1, 0.15) is 22.6 Å². The van der Waals surface area contributed by atoms with Crippen molar-refractivity contribution in [3.8, 4) is 11.4 Å². The highest BCUT2D eigenvalue weighted by atomic mass is 127. The fourth-order valence-electron chi connectivity index (χ4n) is 2.92. The summed E-state index contributed by atoms with van der Waals surface area (Å²) in [5.41, 5.74) is -0.0799. The first kappa shape index (κ1) is 21.9. The van der Waals surface area contributed by atoms with Crippen molar-refractivity contribution < 1.29 is 18.0 Å². The predicted octanol–water partition coefficient (Wildman–Crippen LogP) is 3.56. The van der Waals surface area contributed by atoms with Crippen molar-refractivity contribution in [3.05, 3.63) is 46.9 Å². The number of carbonyl (C=O) groups is 1. The second kappa shape index (κ2) is 8.93. The molecule has 0 saturated heterocycles. The maximum atomic E-state index is 13.4. The molecule has 0 saturated carbocycles. The second-order valence-corrected chi connectivity index (χ2v) is 6.19. The third-order valence-corrected chi connectivity index (χ3v) is 4.18. The van der Waals surface area contributed by atoms with E-state index >= 15 is 0 Å². The predicted molar refractivity (Wildman–Crippen MR) is 112 cm³/mol. The van der Waals surface area contributed by atoms with Crippen LogP contribution >= 0.6 is 22.6 Å². The number of hydrogen-bond acceptors (Lipinski definition) is 6. The number of H-pyrrole nitrogens is 1. The molecule has 0 fully saturated rings. The highest BCUT2D eigenvalue weighted by Crippen LogP contribution is 2.37. The molecule has 12 heteroatoms. The third kappa shape index (κ3) is 4.68. The van der Waals surface area contributed by atoms with Crippen molar-refractivity contribution in [2.24, 2.45) is 0 Å². The molecule has 30 heavy (non-hydrogen) atoms. The molecule has 0 atom stereocenters. The Kier molecular flexibility index (Phi) is 6.53. The molecule has 1 aliphatic heterocycles. The first-order chi connectivity index (χ1) is 14.3. The van der Waals surface area contributed by atoms with E-state index < -0.39 is 11.7 Å². The molecule has 1 aromatic carbocycles. The number of benzene rings is 1. The first-order valence-corrected chi connectivity index (χ1v) is 10.8. The van der Waals surface area contributed by atoms with Gasteiger partial charge in [0.15, 0.2) is 5.82 Å². The van der Waals surface area contributed by atoms with E-state index in [2.05, 4.69) is 58.4 Å². The molecule has 3 N–H and O–H groups in total. The molecule has 0 bridgehead atoms. The van der Waals surface area contributed by atoms with E-state index in [9.17, 15) is 18.0 Å². The zero-order valence-corrected chi connectivity index (χ0v) is 18.1. The summed E-state index contributed by atoms with van der Waals surface area (Å²) in [5.74, 6) is 0.625. The number of nitrogens with zero attached hydrogens (tertiary/aromatic N) is 4. The van der Waals surface area contributed by atoms with Gasteiger partial charge in [0, 0.05) is 17.7 Å². The number of halogens is 4. The summed E-state index contributed by atoms with van der Waals surface area (Å²) in [6.07, 6.45) is -4.62. The van der Waals surface area contributed by atoms with Crippen LogP contribution in [-0.2, 0) is 23.9 Å². The van der Waals surface area contributed by atoms with Crippen molar-refractivity contribution in [2.75, 3.05) is 10.2 Å². The smallest absolute Gasteiger partial charge is 0.351 e. The van der Waals surface area contributed by atoms with E-state index in [1.165, 1.54) is 18.2 Å². The standard InChI is InChI=1S/C17H14F3N7O.CH3I/c1-8-22-16(27-26-8)25-15-10-7-21-13(28)6-12(10)23-14(24-15)9-4-2-3-5-11(9)17(18,19)20;1-2/h2-5H,6-7H2,1H3,(H,21,28)(H2,22,23,24,25,26,27);1H3. The maximum absolute atomic E-state index is 13.4. The molecule has 4 rings (SSSR count). The Hall–Kier alpha value is -2.77. The van der Waals surface area contributed by atoms with Crippen LogP contribution in [0.5, 0.6) is 0 Å². The van der Waals surface area contributed by atoms with Gasteiger partial charge in [-0.25, -0.2) is 9.97 Å². The molecule has 3 aromatic rings. The Balaban J connectivity index is 0.00000124. The molecule has 158 valence electrons. The van der Waals surface area contributed by atoms with E-state index in [-0.39, 0.29) is 42.0 Å². The van der Waals surface area contributed by atoms with Gasteiger partial charge in [-0.15, -0.1) is 5.10 Å². The number of nitrogens with one attached hydrogen (secondary N) is 3. The minimum atomic E-state index is -4.57. The Bertz CT molecular complexity index is 1070. The van der Waals surface area contributed by atoms with Crippen LogP contribution in [0.3, 0.4) is 0 Å². The van der Waals surface area contributed by atoms with Crippen molar-refractivity contribution in [1.29, 1.82) is 0 Å². The summed E-state index contributed by atoms with van der Waals surface area (Å²) >= 11 is 2.15. The van der Waals surface area contributed by atoms with Crippen molar-refractivity contribution >= 4 is 40.3 Å². The van der Waals surface area contributed by atoms with Crippen LogP contribution in [0.25, 0.3) is 11.4 Å². The SMILES string of the molecule is CI.Cc1nc(Nc2nc(-c3ccccc3C(F)(F)F)nc3c2CNC(=O)C3)n[nH]1. The number of fused-ring (bicyclic) bond motifs is 1. The van der Waals surface area contributed by atoms with E-state index in [0.29, 0.717) is 17.1 Å². The summed E-state index contributed by atoms with van der Waals surface area (Å²) in [6, 6.07) is 5.05. The van der Waals surface area contributed by atoms with Crippen LogP contribution < -0.4 is 10.6 Å². The Morgan fingerprint density at radius 1 is 1.13 bits per heavy atom. The first-order valence-electron chi connectivity index (χ1n) is 8.68. The number of aryl methyl sites for hydroxylation is 1. The highest BCUT2D eigenvalue weighted by Gasteiger charge is 2.34. The molecule has 0 spiro atoms. The number of aromatic nitrogens is 5. The number of aromatic amines is 1. The van der Waals surface area contributed by atoms with Gasteiger partial charge >= 0.3 is 6.18 Å². The molecule has 0 unspecified atom stereocenters. The lowest BCUT2D eigenvalue weighted by Gasteiger charge is -2.20. The van der Waals surface area contributed by atoms with Crippen LogP contribution in [0.2, 0.25) is 0 Å². The lowest BCUT2D eigenvalue weighted by Crippen LogP contribution is -2.32. The Labute approximate surface area is 183 Å². The third-order valence-electron chi connectivity index (χ3n) is 4.18. The van der Waals surface area contributed by atoms with Crippen molar-refractivity contribution in [2.45, 2.75) is 26.1 Å². The number of alkyl halides is 4. The van der Waals surface area contributed by atoms with E-state index in [1.807, 2.05) is 4.93 Å². The minimum Gasteiger partial charge on any atom is -0.351 e. The van der Waals surface area contributed by atoms with Gasteiger partial charge in [-0.1, -0.05) is 40.8 Å². The maximum Gasteiger partial charge on any atom is 0.417 e. The van der Waals surface area contributed by atoms with Gasteiger partial charge in [-0.2, -0.15) is 18.2 Å². The van der Waals surface area contributed by atoms with Gasteiger partial charge in [0.2, 0.25) is 11.9 Å². The fourth-order valence-corrected chi connectivity index (χ4v) is 2.92. The van der Waals surface area contributed by atoms with Gasteiger partial charge in [-0.05, 0) is 17.9 Å². The van der Waals surface area contributed by atoms with Gasteiger partial charge < -0.3 is 10.6 Å². The Morgan fingerprint density at radius 3 is 2.53 bits per heavy atom. The molecular weight excluding hydrogens is 514 g/mol. The van der Waals surface area contributed by atoms with Crippen LogP contribution in [-0.4, -0.2) is 36.0 Å². The van der Waals surface area contributed by atoms with Gasteiger partial charge in [0.05, 0.1) is 17.7 Å². The van der Waals surface area contributed by atoms with Crippen LogP contribution in [0.15, 0.2) is 24.3 Å². The average molecular weight is 531 g/mol. The largest absolute Gasteiger partial charge is 0.417 e. The molecule has 1 aliphatic rings.